The van der Waals surface area contributed by atoms with E-state index in [9.17, 15) is 9.18 Å². The molecule has 2 aromatic carbocycles. The zero-order valence-corrected chi connectivity index (χ0v) is 17.3. The van der Waals surface area contributed by atoms with Crippen LogP contribution in [0.15, 0.2) is 53.7 Å². The Hall–Kier alpha value is -2.38. The van der Waals surface area contributed by atoms with E-state index >= 15 is 0 Å². The molecule has 2 atom stereocenters. The minimum Gasteiger partial charge on any atom is -0.349 e. The zero-order chi connectivity index (χ0) is 20.3. The summed E-state index contributed by atoms with van der Waals surface area (Å²) in [5, 5.41) is 12.3. The second kappa shape index (κ2) is 8.75. The maximum atomic E-state index is 13.1. The number of halogens is 2. The van der Waals surface area contributed by atoms with E-state index in [1.807, 2.05) is 37.6 Å². The van der Waals surface area contributed by atoms with Crippen LogP contribution in [0.1, 0.15) is 25.5 Å². The van der Waals surface area contributed by atoms with E-state index in [1.54, 1.807) is 24.3 Å². The summed E-state index contributed by atoms with van der Waals surface area (Å²) in [5.41, 5.74) is 1.74. The highest BCUT2D eigenvalue weighted by Gasteiger charge is 2.21. The second-order valence-electron chi connectivity index (χ2n) is 6.41. The molecule has 0 fully saturated rings. The highest BCUT2D eigenvalue weighted by atomic mass is 35.5. The van der Waals surface area contributed by atoms with Gasteiger partial charge in [-0.2, -0.15) is 0 Å². The van der Waals surface area contributed by atoms with Crippen molar-refractivity contribution in [2.45, 2.75) is 30.3 Å². The molecular formula is C20H20ClFN4OS. The molecule has 28 heavy (non-hydrogen) atoms. The predicted molar refractivity (Wildman–Crippen MR) is 110 cm³/mol. The molecule has 8 heteroatoms. The van der Waals surface area contributed by atoms with Gasteiger partial charge in [0.15, 0.2) is 11.0 Å². The Bertz CT molecular complexity index is 959. The van der Waals surface area contributed by atoms with E-state index < -0.39 is 0 Å². The molecule has 0 saturated heterocycles. The van der Waals surface area contributed by atoms with Gasteiger partial charge < -0.3 is 9.88 Å². The summed E-state index contributed by atoms with van der Waals surface area (Å²) >= 11 is 7.26. The molecule has 5 nitrogen and oxygen atoms in total. The van der Waals surface area contributed by atoms with Gasteiger partial charge in [-0.25, -0.2) is 4.39 Å². The van der Waals surface area contributed by atoms with Crippen LogP contribution in [0.5, 0.6) is 0 Å². The van der Waals surface area contributed by atoms with Crippen LogP contribution in [0.3, 0.4) is 0 Å². The highest BCUT2D eigenvalue weighted by molar-refractivity contribution is 8.00. The predicted octanol–water partition coefficient (Wildman–Crippen LogP) is 4.63. The topological polar surface area (TPSA) is 59.8 Å². The van der Waals surface area contributed by atoms with Gasteiger partial charge in [0.05, 0.1) is 11.3 Å². The van der Waals surface area contributed by atoms with Crippen LogP contribution in [-0.4, -0.2) is 25.9 Å². The largest absolute Gasteiger partial charge is 0.349 e. The van der Waals surface area contributed by atoms with Crippen molar-refractivity contribution in [2.24, 2.45) is 7.05 Å². The first-order chi connectivity index (χ1) is 13.3. The van der Waals surface area contributed by atoms with Crippen LogP contribution in [0.25, 0.3) is 11.4 Å². The minimum atomic E-state index is -0.371. The average molecular weight is 419 g/mol. The number of carbonyl (C=O) groups is 1. The summed E-state index contributed by atoms with van der Waals surface area (Å²) in [4.78, 5) is 12.5. The lowest BCUT2D eigenvalue weighted by Gasteiger charge is -2.17. The van der Waals surface area contributed by atoms with E-state index in [-0.39, 0.29) is 23.0 Å². The third kappa shape index (κ3) is 4.72. The van der Waals surface area contributed by atoms with Gasteiger partial charge in [0, 0.05) is 17.6 Å². The standard InChI is InChI=1S/C20H20ClFN4OS/c1-12(14-6-10-17(22)11-7-14)23-19(27)13(2)28-20-25-24-18(26(20)3)15-4-8-16(21)9-5-15/h4-13H,1-3H3,(H,23,27)/t12-,13+/m0/s1. The second-order valence-corrected chi connectivity index (χ2v) is 8.16. The molecule has 0 aliphatic rings. The van der Waals surface area contributed by atoms with Gasteiger partial charge in [-0.15, -0.1) is 10.2 Å². The van der Waals surface area contributed by atoms with Crippen molar-refractivity contribution >= 4 is 29.3 Å². The van der Waals surface area contributed by atoms with Crippen LogP contribution in [0, 0.1) is 5.82 Å². The van der Waals surface area contributed by atoms with E-state index in [4.69, 9.17) is 11.6 Å². The van der Waals surface area contributed by atoms with Crippen molar-refractivity contribution in [3.05, 3.63) is 64.9 Å². The number of nitrogens with one attached hydrogen (secondary N) is 1. The van der Waals surface area contributed by atoms with Gasteiger partial charge >= 0.3 is 0 Å². The van der Waals surface area contributed by atoms with Crippen LogP contribution >= 0.6 is 23.4 Å². The maximum absolute atomic E-state index is 13.1. The van der Waals surface area contributed by atoms with Gasteiger partial charge in [0.1, 0.15) is 5.82 Å². The molecule has 0 unspecified atom stereocenters. The first kappa shape index (κ1) is 20.4. The normalized spacial score (nSPS) is 13.2. The molecule has 0 radical (unpaired) electrons. The number of hydrogen-bond acceptors (Lipinski definition) is 4. The maximum Gasteiger partial charge on any atom is 0.233 e. The molecule has 0 saturated carbocycles. The number of hydrogen-bond donors (Lipinski definition) is 1. The minimum absolute atomic E-state index is 0.127. The van der Waals surface area contributed by atoms with Crippen molar-refractivity contribution in [1.82, 2.24) is 20.1 Å². The Balaban J connectivity index is 1.65. The van der Waals surface area contributed by atoms with Crippen LogP contribution < -0.4 is 5.32 Å². The Kier molecular flexibility index (Phi) is 6.36. The summed E-state index contributed by atoms with van der Waals surface area (Å²) < 4.78 is 14.9. The highest BCUT2D eigenvalue weighted by Crippen LogP contribution is 2.27. The number of aromatic nitrogens is 3. The summed E-state index contributed by atoms with van der Waals surface area (Å²) in [6, 6.07) is 13.2. The number of thioether (sulfide) groups is 1. The van der Waals surface area contributed by atoms with Crippen LogP contribution in [0.2, 0.25) is 5.02 Å². The first-order valence-electron chi connectivity index (χ1n) is 8.73. The first-order valence-corrected chi connectivity index (χ1v) is 9.98. The number of benzene rings is 2. The lowest BCUT2D eigenvalue weighted by Crippen LogP contribution is -2.33. The fourth-order valence-corrected chi connectivity index (χ4v) is 3.59. The summed E-state index contributed by atoms with van der Waals surface area (Å²) in [5.74, 6) is 0.272. The SMILES string of the molecule is C[C@H](NC(=O)[C@@H](C)Sc1nnc(-c2ccc(Cl)cc2)n1C)c1ccc(F)cc1. The number of carbonyl (C=O) groups excluding carboxylic acids is 1. The monoisotopic (exact) mass is 418 g/mol. The Morgan fingerprint density at radius 2 is 1.75 bits per heavy atom. The van der Waals surface area contributed by atoms with Gasteiger partial charge in [-0.1, -0.05) is 35.5 Å². The van der Waals surface area contributed by atoms with E-state index in [1.165, 1.54) is 23.9 Å². The van der Waals surface area contributed by atoms with Crippen molar-refractivity contribution < 1.29 is 9.18 Å². The molecule has 0 aliphatic carbocycles. The molecule has 1 aromatic heterocycles. The van der Waals surface area contributed by atoms with Crippen molar-refractivity contribution in [3.63, 3.8) is 0 Å². The molecule has 0 spiro atoms. The number of rotatable bonds is 6. The quantitative estimate of drug-likeness (QED) is 0.593. The van der Waals surface area contributed by atoms with E-state index in [0.717, 1.165) is 11.1 Å². The Morgan fingerprint density at radius 3 is 2.39 bits per heavy atom. The lowest BCUT2D eigenvalue weighted by atomic mass is 10.1. The number of nitrogens with zero attached hydrogens (tertiary/aromatic N) is 3. The summed E-state index contributed by atoms with van der Waals surface area (Å²) in [6.45, 7) is 3.68. The van der Waals surface area contributed by atoms with Crippen molar-refractivity contribution in [1.29, 1.82) is 0 Å². The van der Waals surface area contributed by atoms with Gasteiger partial charge in [-0.05, 0) is 55.8 Å². The van der Waals surface area contributed by atoms with Crippen LogP contribution in [-0.2, 0) is 11.8 Å². The zero-order valence-electron chi connectivity index (χ0n) is 15.7. The smallest absolute Gasteiger partial charge is 0.233 e. The molecular weight excluding hydrogens is 399 g/mol. The Morgan fingerprint density at radius 1 is 1.11 bits per heavy atom. The molecule has 3 aromatic rings. The molecule has 1 heterocycles. The third-order valence-corrected chi connectivity index (χ3v) is 5.70. The van der Waals surface area contributed by atoms with Crippen molar-refractivity contribution in [3.8, 4) is 11.4 Å². The third-order valence-electron chi connectivity index (χ3n) is 4.32. The molecule has 1 N–H and O–H groups in total. The summed E-state index contributed by atoms with van der Waals surface area (Å²) in [6.07, 6.45) is 0. The molecule has 146 valence electrons. The van der Waals surface area contributed by atoms with Gasteiger partial charge in [0.25, 0.3) is 0 Å². The molecule has 3 rings (SSSR count). The summed E-state index contributed by atoms with van der Waals surface area (Å²) in [7, 11) is 1.86. The van der Waals surface area contributed by atoms with E-state index in [2.05, 4.69) is 15.5 Å². The van der Waals surface area contributed by atoms with Gasteiger partial charge in [0.2, 0.25) is 5.91 Å². The fourth-order valence-electron chi connectivity index (χ4n) is 2.65. The van der Waals surface area contributed by atoms with Crippen molar-refractivity contribution in [2.75, 3.05) is 0 Å². The molecule has 1 amide bonds. The number of amides is 1. The van der Waals surface area contributed by atoms with Gasteiger partial charge in [-0.3, -0.25) is 4.79 Å². The van der Waals surface area contributed by atoms with E-state index in [0.29, 0.717) is 16.0 Å². The molecule has 0 aliphatic heterocycles. The fraction of sp³-hybridized carbons (Fsp3) is 0.250. The molecule has 0 bridgehead atoms. The Labute approximate surface area is 172 Å². The van der Waals surface area contributed by atoms with Crippen LogP contribution in [0.4, 0.5) is 4.39 Å². The lowest BCUT2D eigenvalue weighted by molar-refractivity contribution is -0.120. The average Bonchev–Trinajstić information content (AvgIpc) is 3.03.